The van der Waals surface area contributed by atoms with Crippen LogP contribution in [-0.2, 0) is 32.7 Å². The molecule has 4 unspecified atom stereocenters. The molecule has 66 heavy (non-hydrogen) atoms. The first-order chi connectivity index (χ1) is 31.8. The summed E-state index contributed by atoms with van der Waals surface area (Å²) in [6.45, 7) is 3.01. The van der Waals surface area contributed by atoms with Crippen LogP contribution in [0.25, 0.3) is 0 Å². The van der Waals surface area contributed by atoms with Crippen molar-refractivity contribution in [3.05, 3.63) is 85.1 Å². The summed E-state index contributed by atoms with van der Waals surface area (Å²) in [4.78, 5) is 35.8. The third-order valence-corrected chi connectivity index (χ3v) is 11.8. The molecule has 7 N–H and O–H groups in total. The van der Waals surface area contributed by atoms with Crippen molar-refractivity contribution < 1.29 is 68.2 Å². The minimum absolute atomic E-state index is 0.107. The zero-order valence-electron chi connectivity index (χ0n) is 39.8. The normalized spacial score (nSPS) is 22.5. The second-order valence-electron chi connectivity index (χ2n) is 16.8. The predicted molar refractivity (Wildman–Crippen MR) is 259 cm³/mol. The van der Waals surface area contributed by atoms with E-state index in [1.165, 1.54) is 38.5 Å². The number of carbonyl (C=O) groups is 2. The Hall–Kier alpha value is -3.01. The first-order valence-corrected chi connectivity index (χ1v) is 26.0. The molecule has 1 rings (SSSR count). The van der Waals surface area contributed by atoms with Gasteiger partial charge in [0.05, 0.1) is 12.7 Å². The predicted octanol–water partition coefficient (Wildman–Crippen LogP) is 9.03. The highest BCUT2D eigenvalue weighted by atomic mass is 31.2. The molecule has 0 aromatic carbocycles. The summed E-state index contributed by atoms with van der Waals surface area (Å²) in [7, 11) is -5.18. The lowest BCUT2D eigenvalue weighted by molar-refractivity contribution is -0.220. The molecule has 0 heterocycles. The number of hydrogen-bond donors (Lipinski definition) is 7. The number of aliphatic hydroxyl groups excluding tert-OH is 6. The smallest absolute Gasteiger partial charge is 0.462 e. The van der Waals surface area contributed by atoms with Crippen LogP contribution in [0.5, 0.6) is 0 Å². The number of ether oxygens (including phenoxy) is 2. The lowest BCUT2D eigenvalue weighted by Gasteiger charge is -2.41. The van der Waals surface area contributed by atoms with Gasteiger partial charge in [-0.05, 0) is 77.0 Å². The topological polar surface area (TPSA) is 230 Å². The summed E-state index contributed by atoms with van der Waals surface area (Å²) >= 11 is 0. The van der Waals surface area contributed by atoms with Gasteiger partial charge in [-0.3, -0.25) is 18.6 Å². The highest BCUT2D eigenvalue weighted by Gasteiger charge is 2.51. The number of carbonyl (C=O) groups excluding carboxylic acids is 2. The van der Waals surface area contributed by atoms with Crippen molar-refractivity contribution in [1.29, 1.82) is 0 Å². The highest BCUT2D eigenvalue weighted by Crippen LogP contribution is 2.47. The van der Waals surface area contributed by atoms with Crippen molar-refractivity contribution in [2.75, 3.05) is 13.2 Å². The van der Waals surface area contributed by atoms with Crippen molar-refractivity contribution in [3.8, 4) is 0 Å². The van der Waals surface area contributed by atoms with Gasteiger partial charge >= 0.3 is 19.8 Å². The molecular formula is C51H85O14P. The van der Waals surface area contributed by atoms with Crippen LogP contribution in [0.4, 0.5) is 0 Å². The van der Waals surface area contributed by atoms with Gasteiger partial charge in [0.15, 0.2) is 6.10 Å². The number of phosphoric ester groups is 1. The monoisotopic (exact) mass is 953 g/mol. The average molecular weight is 953 g/mol. The van der Waals surface area contributed by atoms with E-state index >= 15 is 0 Å². The first kappa shape index (κ1) is 61.0. The Bertz CT molecular complexity index is 1490. The Kier molecular flexibility index (Phi) is 36.9. The maximum atomic E-state index is 12.8. The van der Waals surface area contributed by atoms with E-state index < -0.39 is 81.8 Å². The van der Waals surface area contributed by atoms with Gasteiger partial charge in [-0.15, -0.1) is 0 Å². The van der Waals surface area contributed by atoms with E-state index in [-0.39, 0.29) is 25.7 Å². The quantitative estimate of drug-likeness (QED) is 0.0100. The average Bonchev–Trinajstić information content (AvgIpc) is 3.29. The Morgan fingerprint density at radius 3 is 1.62 bits per heavy atom. The Morgan fingerprint density at radius 2 is 1.05 bits per heavy atom. The van der Waals surface area contributed by atoms with Crippen LogP contribution < -0.4 is 0 Å². The number of allylic oxidation sites excluding steroid dienone is 13. The number of hydrogen-bond acceptors (Lipinski definition) is 13. The van der Waals surface area contributed by atoms with E-state index in [0.717, 1.165) is 77.0 Å². The number of rotatable bonds is 39. The molecule has 0 aromatic heterocycles. The van der Waals surface area contributed by atoms with Crippen LogP contribution in [0.2, 0.25) is 0 Å². The summed E-state index contributed by atoms with van der Waals surface area (Å²) < 4.78 is 33.4. The molecule has 1 aliphatic carbocycles. The van der Waals surface area contributed by atoms with E-state index in [9.17, 15) is 49.7 Å². The number of aliphatic hydroxyl groups is 6. The van der Waals surface area contributed by atoms with Gasteiger partial charge in [-0.25, -0.2) is 4.57 Å². The second kappa shape index (κ2) is 39.9. The summed E-state index contributed by atoms with van der Waals surface area (Å²) in [6.07, 6.45) is 35.0. The van der Waals surface area contributed by atoms with Gasteiger partial charge in [0.1, 0.15) is 43.2 Å². The standard InChI is InChI=1S/C51H85O14P/c1-3-5-7-9-11-13-15-17-18-19-20-21-22-24-26-28-30-32-34-38-44(53)62-40-43(41-63-66(60,61)65-51-49(58)47(56)46(55)48(57)50(51)59)64-45(54)39-35-37-42(52)36-33-31-29-27-25-23-16-14-12-10-8-6-4-2/h5,7,11,13,17-18,20-21,23,25,29,31,33,36,42-43,46-52,55-59H,3-4,6,8-10,12,14-16,19,22,24,26-28,30,32,34-35,37-41H2,1-2H3,(H,60,61)/b7-5-,13-11-,18-17-,21-20-,25-23+,31-29+,36-33+/t42?,43-,46?,47-,48+,49-,50-,51?/m1/s1. The first-order valence-electron chi connectivity index (χ1n) is 24.5. The van der Waals surface area contributed by atoms with E-state index in [0.29, 0.717) is 6.42 Å². The lowest BCUT2D eigenvalue weighted by atomic mass is 9.85. The fraction of sp³-hybridized carbons (Fsp3) is 0.686. The molecule has 1 fully saturated rings. The molecule has 0 aromatic rings. The van der Waals surface area contributed by atoms with Crippen LogP contribution in [0, 0.1) is 0 Å². The van der Waals surface area contributed by atoms with Gasteiger partial charge in [0.25, 0.3) is 0 Å². The fourth-order valence-electron chi connectivity index (χ4n) is 6.87. The van der Waals surface area contributed by atoms with Gasteiger partial charge in [0.2, 0.25) is 0 Å². The van der Waals surface area contributed by atoms with E-state index in [2.05, 4.69) is 74.6 Å². The van der Waals surface area contributed by atoms with Gasteiger partial charge in [0, 0.05) is 12.8 Å². The van der Waals surface area contributed by atoms with Crippen LogP contribution in [0.1, 0.15) is 162 Å². The van der Waals surface area contributed by atoms with E-state index in [4.69, 9.17) is 18.5 Å². The summed E-state index contributed by atoms with van der Waals surface area (Å²) in [6, 6.07) is 0. The largest absolute Gasteiger partial charge is 0.472 e. The molecule has 0 aliphatic heterocycles. The molecule has 14 nitrogen and oxygen atoms in total. The van der Waals surface area contributed by atoms with Crippen molar-refractivity contribution in [3.63, 3.8) is 0 Å². The maximum absolute atomic E-state index is 12.8. The van der Waals surface area contributed by atoms with Crippen molar-refractivity contribution >= 4 is 19.8 Å². The minimum Gasteiger partial charge on any atom is -0.462 e. The summed E-state index contributed by atoms with van der Waals surface area (Å²) in [5, 5.41) is 60.6. The van der Waals surface area contributed by atoms with Gasteiger partial charge < -0.3 is 45.0 Å². The second-order valence-corrected chi connectivity index (χ2v) is 18.2. The van der Waals surface area contributed by atoms with Crippen LogP contribution in [-0.4, -0.2) is 110 Å². The third kappa shape index (κ3) is 31.9. The lowest BCUT2D eigenvalue weighted by Crippen LogP contribution is -2.64. The van der Waals surface area contributed by atoms with Crippen molar-refractivity contribution in [2.24, 2.45) is 0 Å². The molecule has 0 bridgehead atoms. The third-order valence-electron chi connectivity index (χ3n) is 10.8. The molecule has 378 valence electrons. The number of phosphoric acid groups is 1. The van der Waals surface area contributed by atoms with E-state index in [1.54, 1.807) is 12.2 Å². The molecule has 0 amide bonds. The van der Waals surface area contributed by atoms with Crippen LogP contribution in [0.3, 0.4) is 0 Å². The summed E-state index contributed by atoms with van der Waals surface area (Å²) in [5.74, 6) is -1.32. The maximum Gasteiger partial charge on any atom is 0.472 e. The van der Waals surface area contributed by atoms with Crippen LogP contribution >= 0.6 is 7.82 Å². The highest BCUT2D eigenvalue weighted by molar-refractivity contribution is 7.47. The molecule has 15 heteroatoms. The fourth-order valence-corrected chi connectivity index (χ4v) is 7.85. The minimum atomic E-state index is -5.18. The summed E-state index contributed by atoms with van der Waals surface area (Å²) in [5.41, 5.74) is 0. The molecule has 9 atom stereocenters. The van der Waals surface area contributed by atoms with Gasteiger partial charge in [-0.2, -0.15) is 0 Å². The zero-order chi connectivity index (χ0) is 48.7. The van der Waals surface area contributed by atoms with Crippen molar-refractivity contribution in [1.82, 2.24) is 0 Å². The van der Waals surface area contributed by atoms with Crippen LogP contribution in [0.15, 0.2) is 85.1 Å². The number of esters is 2. The Morgan fingerprint density at radius 1 is 0.561 bits per heavy atom. The Labute approximate surface area is 395 Å². The zero-order valence-corrected chi connectivity index (χ0v) is 40.7. The molecule has 0 radical (unpaired) electrons. The molecule has 0 spiro atoms. The number of unbranched alkanes of at least 4 members (excludes halogenated alkanes) is 12. The van der Waals surface area contributed by atoms with Gasteiger partial charge in [-0.1, -0.05) is 157 Å². The molecule has 1 saturated carbocycles. The Balaban J connectivity index is 2.53. The molecule has 0 saturated heterocycles. The molecular weight excluding hydrogens is 868 g/mol. The van der Waals surface area contributed by atoms with Crippen molar-refractivity contribution in [2.45, 2.75) is 210 Å². The van der Waals surface area contributed by atoms with E-state index in [1.807, 2.05) is 12.2 Å². The molecule has 1 aliphatic rings. The SMILES string of the molecule is CC/C=C\C/C=C\C/C=C\C/C=C\CCCCCCCCC(=O)OC[C@H](COP(=O)(O)OC1[C@H](O)[C@H](O)C(O)[C@H](O)[C@H]1O)OC(=O)CCCC(O)/C=C/C=C/C/C=C/CCCCCCCC.